The third-order valence-corrected chi connectivity index (χ3v) is 3.95. The Kier molecular flexibility index (Phi) is 7.31. The molecule has 12 heteroatoms. The summed E-state index contributed by atoms with van der Waals surface area (Å²) in [7, 11) is -2.51. The maximum absolute atomic E-state index is 11.8. The molecule has 2 N–H and O–H groups in total. The van der Waals surface area contributed by atoms with E-state index in [2.05, 4.69) is 19.8 Å². The molecule has 2 aromatic rings. The molecule has 0 bridgehead atoms. The molecular weight excluding hydrogens is 365 g/mol. The molecule has 144 valence electrons. The first-order valence-corrected chi connectivity index (χ1v) is 9.43. The van der Waals surface area contributed by atoms with Crippen molar-refractivity contribution in [1.29, 1.82) is 0 Å². The molecule has 0 radical (unpaired) electrons. The number of rotatable bonds is 9. The summed E-state index contributed by atoms with van der Waals surface area (Å²) in [5.41, 5.74) is 6.98. The van der Waals surface area contributed by atoms with E-state index in [1.807, 2.05) is 6.92 Å². The Bertz CT molecular complexity index is 767. The van der Waals surface area contributed by atoms with Gasteiger partial charge in [-0.15, -0.1) is 0 Å². The van der Waals surface area contributed by atoms with Crippen molar-refractivity contribution in [2.75, 3.05) is 18.9 Å². The minimum atomic E-state index is -2.51. The molecule has 2 rings (SSSR count). The molecule has 0 saturated heterocycles. The lowest BCUT2D eigenvalue weighted by Crippen LogP contribution is -2.15. The Morgan fingerprint density at radius 2 is 2.12 bits per heavy atom. The summed E-state index contributed by atoms with van der Waals surface area (Å²) in [4.78, 5) is 19.2. The molecule has 11 nitrogen and oxygen atoms in total. The number of nitrogen functional groups attached to an aromatic ring is 1. The zero-order chi connectivity index (χ0) is 19.1. The third kappa shape index (κ3) is 5.94. The van der Waals surface area contributed by atoms with E-state index in [1.54, 1.807) is 24.6 Å². The van der Waals surface area contributed by atoms with Crippen molar-refractivity contribution in [2.24, 2.45) is 0 Å². The van der Waals surface area contributed by atoms with Gasteiger partial charge in [0.25, 0.3) is 0 Å². The van der Waals surface area contributed by atoms with Gasteiger partial charge in [0.15, 0.2) is 11.5 Å². The second-order valence-corrected chi connectivity index (χ2v) is 6.97. The zero-order valence-corrected chi connectivity index (χ0v) is 15.7. The molecule has 1 unspecified atom stereocenters. The first kappa shape index (κ1) is 20.1. The fraction of sp³-hybridized carbons (Fsp3) is 0.571. The smallest absolute Gasteiger partial charge is 0.432 e. The Labute approximate surface area is 150 Å². The second-order valence-electron chi connectivity index (χ2n) is 5.65. The van der Waals surface area contributed by atoms with E-state index in [9.17, 15) is 9.36 Å². The molecule has 0 aliphatic rings. The first-order valence-electron chi connectivity index (χ1n) is 7.90. The number of anilines is 1. The van der Waals surface area contributed by atoms with Crippen LogP contribution in [0.4, 0.5) is 10.6 Å². The molecule has 0 aliphatic carbocycles. The molecule has 2 atom stereocenters. The summed E-state index contributed by atoms with van der Waals surface area (Å²) in [6.07, 6.45) is 1.90. The molecule has 2 heterocycles. The highest BCUT2D eigenvalue weighted by molar-refractivity contribution is 7.38. The highest BCUT2D eigenvalue weighted by Crippen LogP contribution is 2.23. The Balaban J connectivity index is 1.72. The molecule has 0 spiro atoms. The molecule has 0 fully saturated rings. The standard InChI is InChI=1S/C14H22N5O6P/c1-9(2)25-14(20)22-7-24-26(21)8-23-10(3)4-11-5-16-13-12(15)17-6-18-19(11)13/h5-6,9-10,26H,4,7-8H2,1-3H3,(H2,15,17,18)/t10-/m1/s1. The van der Waals surface area contributed by atoms with Crippen LogP contribution in [0.3, 0.4) is 0 Å². The van der Waals surface area contributed by atoms with Crippen LogP contribution in [-0.4, -0.2) is 51.1 Å². The molecular formula is C14H22N5O6P. The van der Waals surface area contributed by atoms with E-state index in [-0.39, 0.29) is 24.4 Å². The molecule has 26 heavy (non-hydrogen) atoms. The predicted molar refractivity (Wildman–Crippen MR) is 92.0 cm³/mol. The van der Waals surface area contributed by atoms with Crippen molar-refractivity contribution in [1.82, 2.24) is 19.6 Å². The van der Waals surface area contributed by atoms with Crippen molar-refractivity contribution >= 4 is 25.6 Å². The lowest BCUT2D eigenvalue weighted by Gasteiger charge is -2.13. The van der Waals surface area contributed by atoms with Crippen LogP contribution >= 0.6 is 8.03 Å². The van der Waals surface area contributed by atoms with Crippen LogP contribution in [-0.2, 0) is 29.7 Å². The maximum Gasteiger partial charge on any atom is 0.510 e. The van der Waals surface area contributed by atoms with Crippen molar-refractivity contribution in [3.63, 3.8) is 0 Å². The zero-order valence-electron chi connectivity index (χ0n) is 14.7. The third-order valence-electron chi connectivity index (χ3n) is 3.11. The number of nitrogens with two attached hydrogens (primary N) is 1. The number of hydrogen-bond acceptors (Lipinski definition) is 10. The molecule has 0 aliphatic heterocycles. The van der Waals surface area contributed by atoms with Crippen LogP contribution in [0, 0.1) is 0 Å². The fourth-order valence-electron chi connectivity index (χ4n) is 2.00. The average molecular weight is 387 g/mol. The minimum Gasteiger partial charge on any atom is -0.432 e. The summed E-state index contributed by atoms with van der Waals surface area (Å²) < 4.78 is 33.1. The van der Waals surface area contributed by atoms with Crippen molar-refractivity contribution in [3.05, 3.63) is 18.2 Å². The number of hydrogen-bond donors (Lipinski definition) is 1. The van der Waals surface area contributed by atoms with Crippen molar-refractivity contribution < 1.29 is 28.1 Å². The number of carbonyl (C=O) groups is 1. The van der Waals surface area contributed by atoms with Crippen molar-refractivity contribution in [3.8, 4) is 0 Å². The molecule has 0 amide bonds. The van der Waals surface area contributed by atoms with Crippen LogP contribution in [0.1, 0.15) is 26.5 Å². The van der Waals surface area contributed by atoms with Crippen LogP contribution in [0.5, 0.6) is 0 Å². The summed E-state index contributed by atoms with van der Waals surface area (Å²) in [5.74, 6) is 0.286. The lowest BCUT2D eigenvalue weighted by atomic mass is 10.2. The van der Waals surface area contributed by atoms with Gasteiger partial charge in [-0.25, -0.2) is 19.3 Å². The predicted octanol–water partition coefficient (Wildman–Crippen LogP) is 1.62. The van der Waals surface area contributed by atoms with E-state index < -0.39 is 21.0 Å². The van der Waals surface area contributed by atoms with Gasteiger partial charge in [0.1, 0.15) is 12.7 Å². The average Bonchev–Trinajstić information content (AvgIpc) is 2.97. The number of fused-ring (bicyclic) bond motifs is 1. The van der Waals surface area contributed by atoms with Gasteiger partial charge in [-0.2, -0.15) is 5.10 Å². The number of nitrogens with zero attached hydrogens (tertiary/aromatic N) is 4. The van der Waals surface area contributed by atoms with E-state index in [0.29, 0.717) is 12.1 Å². The number of imidazole rings is 1. The Morgan fingerprint density at radius 1 is 1.35 bits per heavy atom. The monoisotopic (exact) mass is 387 g/mol. The van der Waals surface area contributed by atoms with Gasteiger partial charge in [0.2, 0.25) is 14.8 Å². The summed E-state index contributed by atoms with van der Waals surface area (Å²) >= 11 is 0. The highest BCUT2D eigenvalue weighted by Gasteiger charge is 2.13. The second kappa shape index (κ2) is 9.46. The maximum atomic E-state index is 11.8. The normalized spacial score (nSPS) is 13.7. The Hall–Kier alpha value is -2.23. The number of ether oxygens (including phenoxy) is 3. The van der Waals surface area contributed by atoms with Crippen molar-refractivity contribution in [2.45, 2.75) is 39.4 Å². The largest absolute Gasteiger partial charge is 0.510 e. The van der Waals surface area contributed by atoms with E-state index >= 15 is 0 Å². The fourth-order valence-corrected chi connectivity index (χ4v) is 2.69. The van der Waals surface area contributed by atoms with Gasteiger partial charge >= 0.3 is 6.16 Å². The van der Waals surface area contributed by atoms with Gasteiger partial charge in [-0.3, -0.25) is 9.09 Å². The number of aromatic nitrogens is 4. The quantitative estimate of drug-likeness (QED) is 0.383. The van der Waals surface area contributed by atoms with E-state index in [1.165, 1.54) is 6.33 Å². The van der Waals surface area contributed by atoms with Crippen LogP contribution in [0.25, 0.3) is 5.65 Å². The SMILES string of the molecule is CC(C)OC(=O)OCO[PH](=O)CO[C@H](C)Cc1cnc2c(N)ncnn12. The minimum absolute atomic E-state index is 0.109. The van der Waals surface area contributed by atoms with Gasteiger partial charge < -0.3 is 19.9 Å². The molecule has 2 aromatic heterocycles. The van der Waals surface area contributed by atoms with Gasteiger partial charge in [0.05, 0.1) is 24.1 Å². The lowest BCUT2D eigenvalue weighted by molar-refractivity contribution is -0.00797. The van der Waals surface area contributed by atoms with Crippen LogP contribution in [0.15, 0.2) is 12.5 Å². The first-order chi connectivity index (χ1) is 12.4. The summed E-state index contributed by atoms with van der Waals surface area (Å²) in [6, 6.07) is 0. The molecule has 0 saturated carbocycles. The summed E-state index contributed by atoms with van der Waals surface area (Å²) in [6.45, 7) is 4.73. The Morgan fingerprint density at radius 3 is 2.85 bits per heavy atom. The topological polar surface area (TPSA) is 140 Å². The summed E-state index contributed by atoms with van der Waals surface area (Å²) in [5, 5.41) is 4.09. The van der Waals surface area contributed by atoms with E-state index in [0.717, 1.165) is 5.69 Å². The van der Waals surface area contributed by atoms with Crippen LogP contribution in [0.2, 0.25) is 0 Å². The van der Waals surface area contributed by atoms with Gasteiger partial charge in [0, 0.05) is 6.42 Å². The van der Waals surface area contributed by atoms with Gasteiger partial charge in [-0.05, 0) is 20.8 Å². The van der Waals surface area contributed by atoms with E-state index in [4.69, 9.17) is 19.7 Å². The molecule has 0 aromatic carbocycles. The number of carbonyl (C=O) groups excluding carboxylic acids is 1. The highest BCUT2D eigenvalue weighted by atomic mass is 31.1. The van der Waals surface area contributed by atoms with Crippen LogP contribution < -0.4 is 5.73 Å². The van der Waals surface area contributed by atoms with Gasteiger partial charge in [-0.1, -0.05) is 0 Å².